The van der Waals surface area contributed by atoms with E-state index in [0.29, 0.717) is 16.9 Å². The minimum absolute atomic E-state index is 0.0701. The van der Waals surface area contributed by atoms with Gasteiger partial charge in [-0.25, -0.2) is 17.9 Å². The smallest absolute Gasteiger partial charge is 0.335 e. The summed E-state index contributed by atoms with van der Waals surface area (Å²) in [4.78, 5) is 27.5. The zero-order chi connectivity index (χ0) is 20.5. The van der Waals surface area contributed by atoms with Crippen molar-refractivity contribution in [3.05, 3.63) is 53.6 Å². The van der Waals surface area contributed by atoms with Gasteiger partial charge in [-0.2, -0.15) is 0 Å². The molecule has 9 heteroatoms. The van der Waals surface area contributed by atoms with Crippen molar-refractivity contribution in [2.45, 2.75) is 30.7 Å². The summed E-state index contributed by atoms with van der Waals surface area (Å²) in [6.45, 7) is 3.45. The predicted octanol–water partition coefficient (Wildman–Crippen LogP) is 2.51. The van der Waals surface area contributed by atoms with Crippen molar-refractivity contribution < 1.29 is 23.1 Å². The van der Waals surface area contributed by atoms with Gasteiger partial charge in [0.2, 0.25) is 15.9 Å². The Morgan fingerprint density at radius 3 is 2.50 bits per heavy atom. The first-order valence-electron chi connectivity index (χ1n) is 8.52. The summed E-state index contributed by atoms with van der Waals surface area (Å²) in [5.74, 6) is -2.10. The first kappa shape index (κ1) is 19.7. The lowest BCUT2D eigenvalue weighted by atomic mass is 10.0. The van der Waals surface area contributed by atoms with Crippen molar-refractivity contribution in [3.63, 3.8) is 0 Å². The molecule has 8 nitrogen and oxygen atoms in total. The van der Waals surface area contributed by atoms with Crippen LogP contribution in [0.4, 0.5) is 11.4 Å². The van der Waals surface area contributed by atoms with Crippen molar-refractivity contribution in [1.29, 1.82) is 0 Å². The Bertz CT molecular complexity index is 1060. The van der Waals surface area contributed by atoms with Crippen LogP contribution in [0.2, 0.25) is 0 Å². The molecule has 2 aromatic rings. The molecule has 0 aromatic heterocycles. The number of anilines is 1. The van der Waals surface area contributed by atoms with Crippen LogP contribution in [-0.4, -0.2) is 37.7 Å². The first-order valence-corrected chi connectivity index (χ1v) is 10.0. The van der Waals surface area contributed by atoms with Crippen molar-refractivity contribution in [3.8, 4) is 0 Å². The Hall–Kier alpha value is -3.04. The molecule has 146 valence electrons. The van der Waals surface area contributed by atoms with E-state index in [1.165, 1.54) is 42.6 Å². The normalized spacial score (nSPS) is 16.4. The molecule has 1 aliphatic rings. The molecule has 1 aliphatic heterocycles. The van der Waals surface area contributed by atoms with Crippen LogP contribution in [0.25, 0.3) is 0 Å². The lowest BCUT2D eigenvalue weighted by Gasteiger charge is -2.11. The number of hydrogen-bond donors (Lipinski definition) is 3. The van der Waals surface area contributed by atoms with Crippen LogP contribution in [0.1, 0.15) is 35.7 Å². The number of hydrogen-bond acceptors (Lipinski definition) is 5. The molecule has 0 saturated carbocycles. The SMILES string of the molecule is CC(C)NS(=O)(=O)c1ccc2c(c1)C(C=Nc1ccc(C(=O)O)cc1)C(=O)N2. The van der Waals surface area contributed by atoms with Gasteiger partial charge in [0, 0.05) is 17.9 Å². The molecule has 0 saturated heterocycles. The lowest BCUT2D eigenvalue weighted by Crippen LogP contribution is -2.30. The van der Waals surface area contributed by atoms with Gasteiger partial charge in [-0.05, 0) is 61.9 Å². The maximum Gasteiger partial charge on any atom is 0.335 e. The van der Waals surface area contributed by atoms with Crippen molar-refractivity contribution >= 4 is 39.5 Å². The molecule has 0 radical (unpaired) electrons. The van der Waals surface area contributed by atoms with Crippen LogP contribution in [0.5, 0.6) is 0 Å². The maximum absolute atomic E-state index is 12.4. The van der Waals surface area contributed by atoms with Gasteiger partial charge in [-0.1, -0.05) is 0 Å². The summed E-state index contributed by atoms with van der Waals surface area (Å²) >= 11 is 0. The van der Waals surface area contributed by atoms with Crippen LogP contribution >= 0.6 is 0 Å². The summed E-state index contributed by atoms with van der Waals surface area (Å²) in [6.07, 6.45) is 1.42. The average molecular weight is 401 g/mol. The Morgan fingerprint density at radius 2 is 1.89 bits per heavy atom. The molecule has 0 fully saturated rings. The van der Waals surface area contributed by atoms with E-state index >= 15 is 0 Å². The molecule has 1 atom stereocenters. The van der Waals surface area contributed by atoms with Gasteiger partial charge in [-0.3, -0.25) is 9.79 Å². The molecular weight excluding hydrogens is 382 g/mol. The highest BCUT2D eigenvalue weighted by atomic mass is 32.2. The second-order valence-corrected chi connectivity index (χ2v) is 8.34. The van der Waals surface area contributed by atoms with Crippen LogP contribution in [0, 0.1) is 0 Å². The average Bonchev–Trinajstić information content (AvgIpc) is 2.93. The quantitative estimate of drug-likeness (QED) is 0.642. The van der Waals surface area contributed by atoms with Gasteiger partial charge < -0.3 is 10.4 Å². The highest BCUT2D eigenvalue weighted by Crippen LogP contribution is 2.33. The third-order valence-corrected chi connectivity index (χ3v) is 5.74. The fraction of sp³-hybridized carbons (Fsp3) is 0.211. The molecule has 0 spiro atoms. The number of carboxylic acid groups (broad SMARTS) is 1. The summed E-state index contributed by atoms with van der Waals surface area (Å²) < 4.78 is 27.3. The number of nitrogens with zero attached hydrogens (tertiary/aromatic N) is 1. The van der Waals surface area contributed by atoms with Gasteiger partial charge in [0.15, 0.2) is 0 Å². The fourth-order valence-corrected chi connectivity index (χ4v) is 4.09. The summed E-state index contributed by atoms with van der Waals surface area (Å²) in [7, 11) is -3.69. The van der Waals surface area contributed by atoms with E-state index in [-0.39, 0.29) is 22.4 Å². The number of sulfonamides is 1. The summed E-state index contributed by atoms with van der Waals surface area (Å²) in [5.41, 5.74) is 1.67. The van der Waals surface area contributed by atoms with Gasteiger partial charge in [0.1, 0.15) is 5.92 Å². The second-order valence-electron chi connectivity index (χ2n) is 6.62. The molecule has 28 heavy (non-hydrogen) atoms. The van der Waals surface area contributed by atoms with Crippen molar-refractivity contribution in [2.75, 3.05) is 5.32 Å². The van der Waals surface area contributed by atoms with Crippen LogP contribution in [0.15, 0.2) is 52.4 Å². The van der Waals surface area contributed by atoms with Crippen LogP contribution < -0.4 is 10.0 Å². The van der Waals surface area contributed by atoms with E-state index in [4.69, 9.17) is 5.11 Å². The summed E-state index contributed by atoms with van der Waals surface area (Å²) in [6, 6.07) is 10.1. The van der Waals surface area contributed by atoms with Crippen LogP contribution in [-0.2, 0) is 14.8 Å². The van der Waals surface area contributed by atoms with E-state index < -0.39 is 21.9 Å². The molecule has 3 rings (SSSR count). The molecule has 3 N–H and O–H groups in total. The standard InChI is InChI=1S/C19H19N3O5S/c1-11(2)22-28(26,27)14-7-8-17-15(9-14)16(18(23)21-17)10-20-13-5-3-12(4-6-13)19(24)25/h3-11,16,22H,1-2H3,(H,21,23)(H,24,25). The Kier molecular flexibility index (Phi) is 5.30. The second kappa shape index (κ2) is 7.53. The molecule has 1 unspecified atom stereocenters. The monoisotopic (exact) mass is 401 g/mol. The van der Waals surface area contributed by atoms with Crippen LogP contribution in [0.3, 0.4) is 0 Å². The van der Waals surface area contributed by atoms with E-state index in [0.717, 1.165) is 0 Å². The largest absolute Gasteiger partial charge is 0.478 e. The Labute approximate surface area is 162 Å². The third-order valence-electron chi connectivity index (χ3n) is 4.09. The number of aromatic carboxylic acids is 1. The number of benzene rings is 2. The molecule has 0 bridgehead atoms. The van der Waals surface area contributed by atoms with E-state index in [9.17, 15) is 18.0 Å². The molecule has 2 aromatic carbocycles. The maximum atomic E-state index is 12.4. The number of aliphatic imine (C=N–C) groups is 1. The number of rotatable bonds is 6. The highest BCUT2D eigenvalue weighted by molar-refractivity contribution is 7.89. The third kappa shape index (κ3) is 4.10. The number of amides is 1. The van der Waals surface area contributed by atoms with E-state index in [2.05, 4.69) is 15.0 Å². The highest BCUT2D eigenvalue weighted by Gasteiger charge is 2.31. The zero-order valence-corrected chi connectivity index (χ0v) is 16.0. The van der Waals surface area contributed by atoms with E-state index in [1.807, 2.05) is 0 Å². The minimum Gasteiger partial charge on any atom is -0.478 e. The number of carbonyl (C=O) groups is 2. The predicted molar refractivity (Wildman–Crippen MR) is 105 cm³/mol. The Balaban J connectivity index is 1.89. The van der Waals surface area contributed by atoms with Crippen molar-refractivity contribution in [1.82, 2.24) is 4.72 Å². The summed E-state index contributed by atoms with van der Waals surface area (Å²) in [5, 5.41) is 11.6. The molecule has 1 heterocycles. The fourth-order valence-electron chi connectivity index (χ4n) is 2.81. The van der Waals surface area contributed by atoms with Gasteiger partial charge >= 0.3 is 5.97 Å². The lowest BCUT2D eigenvalue weighted by molar-refractivity contribution is -0.115. The molecular formula is C19H19N3O5S. The Morgan fingerprint density at radius 1 is 1.21 bits per heavy atom. The van der Waals surface area contributed by atoms with Crippen molar-refractivity contribution in [2.24, 2.45) is 4.99 Å². The number of carboxylic acids is 1. The minimum atomic E-state index is -3.69. The number of fused-ring (bicyclic) bond motifs is 1. The zero-order valence-electron chi connectivity index (χ0n) is 15.2. The molecule has 1 amide bonds. The van der Waals surface area contributed by atoms with E-state index in [1.54, 1.807) is 19.9 Å². The topological polar surface area (TPSA) is 125 Å². The first-order chi connectivity index (χ1) is 13.2. The van der Waals surface area contributed by atoms with Gasteiger partial charge in [-0.15, -0.1) is 0 Å². The van der Waals surface area contributed by atoms with Gasteiger partial charge in [0.05, 0.1) is 16.1 Å². The molecule has 0 aliphatic carbocycles. The number of carbonyl (C=O) groups excluding carboxylic acids is 1. The van der Waals surface area contributed by atoms with Gasteiger partial charge in [0.25, 0.3) is 0 Å². The number of nitrogens with one attached hydrogen (secondary N) is 2.